The minimum absolute atomic E-state index is 0.0134. The van der Waals surface area contributed by atoms with Crippen LogP contribution in [0.25, 0.3) is 0 Å². The summed E-state index contributed by atoms with van der Waals surface area (Å²) in [4.78, 5) is 13.2. The highest BCUT2D eigenvalue weighted by molar-refractivity contribution is 7.13. The number of aliphatic hydroxyl groups is 1. The third kappa shape index (κ3) is 3.44. The van der Waals surface area contributed by atoms with E-state index in [2.05, 4.69) is 15.5 Å². The second-order valence-electron chi connectivity index (χ2n) is 4.60. The molecule has 1 fully saturated rings. The molecule has 112 valence electrons. The summed E-state index contributed by atoms with van der Waals surface area (Å²) in [5.41, 5.74) is -1.18. The molecule has 0 aromatic carbocycles. The van der Waals surface area contributed by atoms with Crippen molar-refractivity contribution in [3.05, 3.63) is 5.51 Å². The summed E-state index contributed by atoms with van der Waals surface area (Å²) in [7, 11) is 0. The molecule has 0 saturated carbocycles. The van der Waals surface area contributed by atoms with Gasteiger partial charge in [0.05, 0.1) is 6.54 Å². The highest BCUT2D eigenvalue weighted by Crippen LogP contribution is 2.38. The van der Waals surface area contributed by atoms with Crippen molar-refractivity contribution in [2.24, 2.45) is 0 Å². The van der Waals surface area contributed by atoms with Gasteiger partial charge in [-0.1, -0.05) is 11.3 Å². The fourth-order valence-electron chi connectivity index (χ4n) is 1.95. The second kappa shape index (κ2) is 5.62. The molecule has 0 atom stereocenters. The molecule has 0 aliphatic carbocycles. The third-order valence-corrected chi connectivity index (χ3v) is 3.79. The molecule has 10 heteroatoms. The number of hydrogen-bond donors (Lipinski definition) is 2. The number of nitrogens with zero attached hydrogens (tertiary/aromatic N) is 3. The Morgan fingerprint density at radius 2 is 2.15 bits per heavy atom. The summed E-state index contributed by atoms with van der Waals surface area (Å²) >= 11 is 1.15. The van der Waals surface area contributed by atoms with Crippen LogP contribution in [0.1, 0.15) is 12.8 Å². The summed E-state index contributed by atoms with van der Waals surface area (Å²) in [5, 5.41) is 19.5. The third-order valence-electron chi connectivity index (χ3n) is 3.18. The van der Waals surface area contributed by atoms with E-state index in [-0.39, 0.29) is 25.5 Å². The summed E-state index contributed by atoms with van der Waals surface area (Å²) in [5.74, 6) is -0.362. The van der Waals surface area contributed by atoms with Gasteiger partial charge in [-0.2, -0.15) is 13.2 Å². The highest BCUT2D eigenvalue weighted by atomic mass is 32.1. The van der Waals surface area contributed by atoms with Crippen LogP contribution in [0.2, 0.25) is 0 Å². The van der Waals surface area contributed by atoms with Crippen molar-refractivity contribution in [1.82, 2.24) is 15.1 Å². The van der Waals surface area contributed by atoms with E-state index in [1.807, 2.05) is 0 Å². The summed E-state index contributed by atoms with van der Waals surface area (Å²) in [6.45, 7) is -0.00733. The second-order valence-corrected chi connectivity index (χ2v) is 5.43. The Morgan fingerprint density at radius 3 is 2.65 bits per heavy atom. The highest BCUT2D eigenvalue weighted by Gasteiger charge is 2.54. The van der Waals surface area contributed by atoms with Gasteiger partial charge in [0.2, 0.25) is 11.0 Å². The number of aromatic nitrogens is 2. The first-order chi connectivity index (χ1) is 9.30. The molecule has 0 bridgehead atoms. The van der Waals surface area contributed by atoms with Crippen molar-refractivity contribution < 1.29 is 23.1 Å². The van der Waals surface area contributed by atoms with Crippen molar-refractivity contribution >= 4 is 22.4 Å². The SMILES string of the molecule is O=C(CN1CCC(O)(C(F)(F)F)CC1)Nc1nncs1. The number of hydrogen-bond acceptors (Lipinski definition) is 6. The Kier molecular flexibility index (Phi) is 4.25. The lowest BCUT2D eigenvalue weighted by Gasteiger charge is -2.38. The molecule has 1 saturated heterocycles. The molecule has 2 heterocycles. The Morgan fingerprint density at radius 1 is 1.50 bits per heavy atom. The molecule has 1 amide bonds. The van der Waals surface area contributed by atoms with Gasteiger partial charge in [-0.25, -0.2) is 0 Å². The maximum atomic E-state index is 12.6. The van der Waals surface area contributed by atoms with Crippen LogP contribution in [-0.4, -0.2) is 57.5 Å². The lowest BCUT2D eigenvalue weighted by Crippen LogP contribution is -2.54. The Balaban J connectivity index is 1.81. The van der Waals surface area contributed by atoms with Crippen molar-refractivity contribution in [3.8, 4) is 0 Å². The molecule has 0 radical (unpaired) electrons. The Bertz CT molecular complexity index is 458. The van der Waals surface area contributed by atoms with Gasteiger partial charge < -0.3 is 5.11 Å². The Labute approximate surface area is 116 Å². The first-order valence-corrected chi connectivity index (χ1v) is 6.76. The van der Waals surface area contributed by atoms with Gasteiger partial charge in [0.15, 0.2) is 5.60 Å². The van der Waals surface area contributed by atoms with Crippen LogP contribution in [0.15, 0.2) is 5.51 Å². The van der Waals surface area contributed by atoms with E-state index in [9.17, 15) is 23.1 Å². The van der Waals surface area contributed by atoms with Gasteiger partial charge in [0.25, 0.3) is 0 Å². The molecule has 1 aliphatic heterocycles. The smallest absolute Gasteiger partial charge is 0.380 e. The maximum absolute atomic E-state index is 12.6. The maximum Gasteiger partial charge on any atom is 0.417 e. The van der Waals surface area contributed by atoms with E-state index in [0.717, 1.165) is 11.3 Å². The van der Waals surface area contributed by atoms with Crippen LogP contribution in [0.5, 0.6) is 0 Å². The van der Waals surface area contributed by atoms with Crippen LogP contribution in [-0.2, 0) is 4.79 Å². The molecular weight excluding hydrogens is 297 g/mol. The first-order valence-electron chi connectivity index (χ1n) is 5.88. The first kappa shape index (κ1) is 15.1. The molecule has 20 heavy (non-hydrogen) atoms. The largest absolute Gasteiger partial charge is 0.417 e. The van der Waals surface area contributed by atoms with E-state index in [4.69, 9.17) is 0 Å². The predicted molar refractivity (Wildman–Crippen MR) is 65.2 cm³/mol. The molecule has 2 N–H and O–H groups in total. The normalized spacial score (nSPS) is 19.8. The monoisotopic (exact) mass is 310 g/mol. The van der Waals surface area contributed by atoms with Gasteiger partial charge in [-0.15, -0.1) is 10.2 Å². The van der Waals surface area contributed by atoms with Crippen LogP contribution in [0, 0.1) is 0 Å². The number of piperidine rings is 1. The molecular formula is C10H13F3N4O2S. The van der Waals surface area contributed by atoms with Gasteiger partial charge >= 0.3 is 6.18 Å². The van der Waals surface area contributed by atoms with Crippen molar-refractivity contribution in [3.63, 3.8) is 0 Å². The van der Waals surface area contributed by atoms with Crippen LogP contribution in [0.4, 0.5) is 18.3 Å². The number of carbonyl (C=O) groups is 1. The zero-order valence-electron chi connectivity index (χ0n) is 10.4. The standard InChI is InChI=1S/C10H13F3N4O2S/c11-10(12,13)9(19)1-3-17(4-2-9)5-7(18)15-8-16-14-6-20-8/h6,19H,1-5H2,(H,15,16,18). The average Bonchev–Trinajstić information content (AvgIpc) is 2.83. The molecule has 0 unspecified atom stereocenters. The van der Waals surface area contributed by atoms with E-state index in [1.165, 1.54) is 5.51 Å². The van der Waals surface area contributed by atoms with Gasteiger partial charge in [0, 0.05) is 13.1 Å². The Hall–Kier alpha value is -1.26. The number of carbonyl (C=O) groups excluding carboxylic acids is 1. The van der Waals surface area contributed by atoms with Gasteiger partial charge in [-0.3, -0.25) is 15.0 Å². The van der Waals surface area contributed by atoms with Crippen molar-refractivity contribution in [2.75, 3.05) is 25.0 Å². The molecule has 1 aromatic rings. The van der Waals surface area contributed by atoms with E-state index >= 15 is 0 Å². The molecule has 2 rings (SSSR count). The quantitative estimate of drug-likeness (QED) is 0.866. The molecule has 1 aromatic heterocycles. The number of nitrogens with one attached hydrogen (secondary N) is 1. The van der Waals surface area contributed by atoms with E-state index in [1.54, 1.807) is 4.90 Å². The molecule has 0 spiro atoms. The zero-order valence-corrected chi connectivity index (χ0v) is 11.2. The number of alkyl halides is 3. The summed E-state index contributed by atoms with van der Waals surface area (Å²) in [6, 6.07) is 0. The average molecular weight is 310 g/mol. The van der Waals surface area contributed by atoms with Crippen molar-refractivity contribution in [1.29, 1.82) is 0 Å². The number of rotatable bonds is 3. The fourth-order valence-corrected chi connectivity index (χ4v) is 2.42. The lowest BCUT2D eigenvalue weighted by atomic mass is 9.91. The van der Waals surface area contributed by atoms with E-state index < -0.39 is 24.6 Å². The summed E-state index contributed by atoms with van der Waals surface area (Å²) in [6.07, 6.45) is -5.49. The topological polar surface area (TPSA) is 78.4 Å². The number of halogens is 3. The van der Waals surface area contributed by atoms with Crippen LogP contribution >= 0.6 is 11.3 Å². The van der Waals surface area contributed by atoms with Gasteiger partial charge in [0.1, 0.15) is 5.51 Å². The molecule has 6 nitrogen and oxygen atoms in total. The van der Waals surface area contributed by atoms with Gasteiger partial charge in [-0.05, 0) is 12.8 Å². The van der Waals surface area contributed by atoms with E-state index in [0.29, 0.717) is 5.13 Å². The fraction of sp³-hybridized carbons (Fsp3) is 0.700. The number of amides is 1. The van der Waals surface area contributed by atoms with Crippen LogP contribution < -0.4 is 5.32 Å². The summed E-state index contributed by atoms with van der Waals surface area (Å²) < 4.78 is 37.8. The minimum atomic E-state index is -4.63. The van der Waals surface area contributed by atoms with Crippen LogP contribution in [0.3, 0.4) is 0 Å². The number of anilines is 1. The lowest BCUT2D eigenvalue weighted by molar-refractivity contribution is -0.272. The van der Waals surface area contributed by atoms with Crippen molar-refractivity contribution in [2.45, 2.75) is 24.6 Å². The number of likely N-dealkylation sites (tertiary alicyclic amines) is 1. The predicted octanol–water partition coefficient (Wildman–Crippen LogP) is 0.866. The minimum Gasteiger partial charge on any atom is -0.380 e. The zero-order chi connectivity index (χ0) is 14.8. The molecule has 1 aliphatic rings.